The Labute approximate surface area is 194 Å². The van der Waals surface area contributed by atoms with Crippen LogP contribution in [-0.2, 0) is 20.7 Å². The van der Waals surface area contributed by atoms with Crippen LogP contribution in [0, 0.1) is 12.7 Å². The summed E-state index contributed by atoms with van der Waals surface area (Å²) in [6.07, 6.45) is 1.19. The van der Waals surface area contributed by atoms with E-state index in [0.29, 0.717) is 21.6 Å². The van der Waals surface area contributed by atoms with E-state index >= 15 is 0 Å². The minimum absolute atomic E-state index is 0.108. The summed E-state index contributed by atoms with van der Waals surface area (Å²) in [5.41, 5.74) is 1.35. The molecule has 0 aromatic heterocycles. The molecule has 3 rings (SSSR count). The van der Waals surface area contributed by atoms with Gasteiger partial charge in [0.15, 0.2) is 0 Å². The highest BCUT2D eigenvalue weighted by molar-refractivity contribution is 6.56. The number of ether oxygens (including phenoxy) is 1. The van der Waals surface area contributed by atoms with Crippen LogP contribution in [0.3, 0.4) is 0 Å². The maximum atomic E-state index is 13.9. The topological polar surface area (TPSA) is 56.8 Å². The van der Waals surface area contributed by atoms with Gasteiger partial charge in [-0.15, -0.1) is 0 Å². The van der Waals surface area contributed by atoms with Crippen molar-refractivity contribution in [2.75, 3.05) is 6.54 Å². The van der Waals surface area contributed by atoms with Gasteiger partial charge in [-0.3, -0.25) is 0 Å². The molecule has 0 saturated carbocycles. The molecule has 1 heterocycles. The fourth-order valence-electron chi connectivity index (χ4n) is 3.14. The molecular formula is C24H28BClFNO4. The minimum Gasteiger partial charge on any atom is -0.445 e. The van der Waals surface area contributed by atoms with Crippen LogP contribution in [-0.4, -0.2) is 31.0 Å². The molecule has 0 spiro atoms. The third kappa shape index (κ3) is 5.52. The third-order valence-electron chi connectivity index (χ3n) is 5.90. The van der Waals surface area contributed by atoms with E-state index in [4.69, 9.17) is 25.6 Å². The summed E-state index contributed by atoms with van der Waals surface area (Å²) in [7, 11) is -0.712. The van der Waals surface area contributed by atoms with Gasteiger partial charge < -0.3 is 19.4 Å². The number of rotatable bonds is 6. The SMILES string of the molecule is Cc1c(F)ccc(C=C(CNC(=O)OCc2ccccc2)B2OC(C)(C)C(C)(C)O2)c1Cl. The zero-order valence-corrected chi connectivity index (χ0v) is 19.8. The Morgan fingerprint density at radius 2 is 1.75 bits per heavy atom. The second kappa shape index (κ2) is 9.65. The number of hydrogen-bond acceptors (Lipinski definition) is 4. The number of hydrogen-bond donors (Lipinski definition) is 1. The molecule has 0 unspecified atom stereocenters. The van der Waals surface area contributed by atoms with E-state index in [-0.39, 0.29) is 19.0 Å². The molecular weight excluding hydrogens is 432 g/mol. The standard InChI is InChI=1S/C24H28BClFNO4/c1-16-20(27)12-11-18(21(16)26)13-19(25-31-23(2,3)24(4,5)32-25)14-28-22(29)30-15-17-9-7-6-8-10-17/h6-13H,14-15H2,1-5H3,(H,28,29). The van der Waals surface area contributed by atoms with Gasteiger partial charge in [0.25, 0.3) is 0 Å². The fraction of sp³-hybridized carbons (Fsp3) is 0.375. The first-order chi connectivity index (χ1) is 15.0. The van der Waals surface area contributed by atoms with E-state index in [2.05, 4.69) is 5.32 Å². The van der Waals surface area contributed by atoms with Gasteiger partial charge in [-0.2, -0.15) is 0 Å². The zero-order chi connectivity index (χ0) is 23.5. The molecule has 0 atom stereocenters. The predicted molar refractivity (Wildman–Crippen MR) is 125 cm³/mol. The molecule has 32 heavy (non-hydrogen) atoms. The van der Waals surface area contributed by atoms with Crippen molar-refractivity contribution in [2.45, 2.75) is 52.4 Å². The van der Waals surface area contributed by atoms with Crippen molar-refractivity contribution in [2.24, 2.45) is 0 Å². The van der Waals surface area contributed by atoms with Crippen LogP contribution in [0.2, 0.25) is 5.02 Å². The van der Waals surface area contributed by atoms with Crippen LogP contribution in [0.5, 0.6) is 0 Å². The molecule has 2 aromatic rings. The Balaban J connectivity index is 1.78. The molecule has 0 bridgehead atoms. The molecule has 170 valence electrons. The smallest absolute Gasteiger partial charge is 0.445 e. The molecule has 0 radical (unpaired) electrons. The van der Waals surface area contributed by atoms with Crippen molar-refractivity contribution < 1.29 is 23.2 Å². The van der Waals surface area contributed by atoms with Crippen LogP contribution in [0.25, 0.3) is 6.08 Å². The number of carbonyl (C=O) groups excluding carboxylic acids is 1. The highest BCUT2D eigenvalue weighted by atomic mass is 35.5. The first kappa shape index (κ1) is 24.3. The quantitative estimate of drug-likeness (QED) is 0.561. The largest absolute Gasteiger partial charge is 0.492 e. The molecule has 0 aliphatic carbocycles. The lowest BCUT2D eigenvalue weighted by atomic mass is 9.77. The van der Waals surface area contributed by atoms with Crippen LogP contribution in [0.1, 0.15) is 44.4 Å². The van der Waals surface area contributed by atoms with E-state index in [1.165, 1.54) is 6.07 Å². The summed E-state index contributed by atoms with van der Waals surface area (Å²) < 4.78 is 31.5. The summed E-state index contributed by atoms with van der Waals surface area (Å²) in [5, 5.41) is 3.04. The minimum atomic E-state index is -0.712. The summed E-state index contributed by atoms with van der Waals surface area (Å²) in [6.45, 7) is 9.66. The van der Waals surface area contributed by atoms with Crippen molar-refractivity contribution >= 4 is 30.9 Å². The molecule has 1 saturated heterocycles. The number of benzene rings is 2. The zero-order valence-electron chi connectivity index (χ0n) is 19.0. The van der Waals surface area contributed by atoms with Gasteiger partial charge in [0.1, 0.15) is 12.4 Å². The van der Waals surface area contributed by atoms with Crippen molar-refractivity contribution in [1.29, 1.82) is 0 Å². The Morgan fingerprint density at radius 3 is 2.38 bits per heavy atom. The van der Waals surface area contributed by atoms with Gasteiger partial charge in [-0.1, -0.05) is 54.1 Å². The highest BCUT2D eigenvalue weighted by Gasteiger charge is 2.52. The van der Waals surface area contributed by atoms with Gasteiger partial charge in [-0.05, 0) is 57.3 Å². The molecule has 1 N–H and O–H groups in total. The number of nitrogens with one attached hydrogen (secondary N) is 1. The summed E-state index contributed by atoms with van der Waals surface area (Å²) >= 11 is 6.36. The van der Waals surface area contributed by atoms with Gasteiger partial charge >= 0.3 is 13.2 Å². The second-order valence-electron chi connectivity index (χ2n) is 8.80. The third-order valence-corrected chi connectivity index (χ3v) is 6.40. The van der Waals surface area contributed by atoms with Crippen molar-refractivity contribution in [1.82, 2.24) is 5.32 Å². The lowest BCUT2D eigenvalue weighted by Gasteiger charge is -2.32. The maximum absolute atomic E-state index is 13.9. The molecule has 2 aromatic carbocycles. The Bertz CT molecular complexity index is 995. The second-order valence-corrected chi connectivity index (χ2v) is 9.18. The van der Waals surface area contributed by atoms with Gasteiger partial charge in [-0.25, -0.2) is 9.18 Å². The monoisotopic (exact) mass is 459 g/mol. The lowest BCUT2D eigenvalue weighted by molar-refractivity contribution is 0.00578. The van der Waals surface area contributed by atoms with Crippen LogP contribution in [0.15, 0.2) is 47.9 Å². The number of carbonyl (C=O) groups is 1. The lowest BCUT2D eigenvalue weighted by Crippen LogP contribution is -2.41. The maximum Gasteiger partial charge on any atom is 0.492 e. The Morgan fingerprint density at radius 1 is 1.12 bits per heavy atom. The first-order valence-corrected chi connectivity index (χ1v) is 10.8. The van der Waals surface area contributed by atoms with E-state index in [1.807, 2.05) is 58.0 Å². The normalized spacial score (nSPS) is 17.3. The number of amides is 1. The van der Waals surface area contributed by atoms with Crippen molar-refractivity contribution in [3.63, 3.8) is 0 Å². The summed E-state index contributed by atoms with van der Waals surface area (Å²) in [5.74, 6) is -0.382. The predicted octanol–water partition coefficient (Wildman–Crippen LogP) is 5.73. The molecule has 1 amide bonds. The van der Waals surface area contributed by atoms with Crippen LogP contribution >= 0.6 is 11.6 Å². The van der Waals surface area contributed by atoms with E-state index < -0.39 is 24.4 Å². The summed E-state index contributed by atoms with van der Waals surface area (Å²) in [4.78, 5) is 12.3. The molecule has 1 aliphatic rings. The van der Waals surface area contributed by atoms with E-state index in [1.54, 1.807) is 19.1 Å². The van der Waals surface area contributed by atoms with E-state index in [9.17, 15) is 9.18 Å². The molecule has 1 fully saturated rings. The van der Waals surface area contributed by atoms with Crippen LogP contribution < -0.4 is 5.32 Å². The fourth-order valence-corrected chi connectivity index (χ4v) is 3.35. The van der Waals surface area contributed by atoms with Crippen molar-refractivity contribution in [3.8, 4) is 0 Å². The molecule has 5 nitrogen and oxygen atoms in total. The average Bonchev–Trinajstić information content (AvgIpc) is 2.97. The van der Waals surface area contributed by atoms with Crippen LogP contribution in [0.4, 0.5) is 9.18 Å². The van der Waals surface area contributed by atoms with Crippen molar-refractivity contribution in [3.05, 3.63) is 75.5 Å². The summed E-state index contributed by atoms with van der Waals surface area (Å²) in [6, 6.07) is 12.4. The first-order valence-electron chi connectivity index (χ1n) is 10.5. The highest BCUT2D eigenvalue weighted by Crippen LogP contribution is 2.39. The number of halogens is 2. The number of alkyl carbamates (subject to hydrolysis) is 1. The van der Waals surface area contributed by atoms with E-state index in [0.717, 1.165) is 5.56 Å². The average molecular weight is 460 g/mol. The van der Waals surface area contributed by atoms with Gasteiger partial charge in [0, 0.05) is 12.1 Å². The van der Waals surface area contributed by atoms with Gasteiger partial charge in [0.2, 0.25) is 0 Å². The molecule has 8 heteroatoms. The molecule has 1 aliphatic heterocycles. The Hall–Kier alpha value is -2.35. The Kier molecular flexibility index (Phi) is 7.33. The van der Waals surface area contributed by atoms with Gasteiger partial charge in [0.05, 0.1) is 16.2 Å².